The fourth-order valence-corrected chi connectivity index (χ4v) is 2.49. The van der Waals surface area contributed by atoms with E-state index in [1.54, 1.807) is 0 Å². The van der Waals surface area contributed by atoms with Crippen molar-refractivity contribution in [2.45, 2.75) is 33.1 Å². The lowest BCUT2D eigenvalue weighted by atomic mass is 10.1. The zero-order chi connectivity index (χ0) is 15.1. The Kier molecular flexibility index (Phi) is 5.40. The van der Waals surface area contributed by atoms with E-state index in [0.29, 0.717) is 5.56 Å². The molecule has 0 aromatic heterocycles. The summed E-state index contributed by atoms with van der Waals surface area (Å²) in [4.78, 5) is 0. The third-order valence-corrected chi connectivity index (χ3v) is 3.54. The molecule has 0 aliphatic carbocycles. The van der Waals surface area contributed by atoms with Gasteiger partial charge in [0.2, 0.25) is 0 Å². The zero-order valence-electron chi connectivity index (χ0n) is 12.7. The molecule has 2 aromatic carbocycles. The summed E-state index contributed by atoms with van der Waals surface area (Å²) in [6.45, 7) is 4.71. The van der Waals surface area contributed by atoms with Gasteiger partial charge in [0.15, 0.2) is 0 Å². The van der Waals surface area contributed by atoms with Gasteiger partial charge in [0, 0.05) is 0 Å². The Morgan fingerprint density at radius 2 is 1.67 bits per heavy atom. The summed E-state index contributed by atoms with van der Waals surface area (Å²) in [7, 11) is 0. The number of hydrogen-bond donors (Lipinski definition) is 0. The van der Waals surface area contributed by atoms with Crippen LogP contribution in [-0.4, -0.2) is 6.61 Å². The number of ether oxygens (including phenoxy) is 1. The third kappa shape index (κ3) is 4.36. The van der Waals surface area contributed by atoms with Crippen LogP contribution in [0.15, 0.2) is 42.5 Å². The predicted octanol–water partition coefficient (Wildman–Crippen LogP) is 4.58. The van der Waals surface area contributed by atoms with Crippen molar-refractivity contribution < 1.29 is 4.74 Å². The number of rotatable bonds is 6. The molecule has 0 fully saturated rings. The summed E-state index contributed by atoms with van der Waals surface area (Å²) >= 11 is 0. The maximum atomic E-state index is 8.94. The van der Waals surface area contributed by atoms with Crippen LogP contribution in [0.2, 0.25) is 0 Å². The molecule has 0 amide bonds. The Labute approximate surface area is 127 Å². The van der Waals surface area contributed by atoms with Gasteiger partial charge in [-0.05, 0) is 61.9 Å². The molecule has 2 aromatic rings. The van der Waals surface area contributed by atoms with Crippen molar-refractivity contribution in [1.29, 1.82) is 5.26 Å². The lowest BCUT2D eigenvalue weighted by Gasteiger charge is -2.12. The van der Waals surface area contributed by atoms with Gasteiger partial charge in [0.25, 0.3) is 0 Å². The molecular formula is C19H21NO. The van der Waals surface area contributed by atoms with Crippen LogP contribution in [0.25, 0.3) is 0 Å². The van der Waals surface area contributed by atoms with E-state index in [2.05, 4.69) is 30.3 Å². The molecule has 0 spiro atoms. The van der Waals surface area contributed by atoms with E-state index in [1.165, 1.54) is 5.56 Å². The van der Waals surface area contributed by atoms with Gasteiger partial charge in [-0.3, -0.25) is 0 Å². The first-order chi connectivity index (χ1) is 10.2. The van der Waals surface area contributed by atoms with Crippen molar-refractivity contribution >= 4 is 0 Å². The molecule has 0 aliphatic rings. The molecule has 0 saturated heterocycles. The molecule has 0 saturated carbocycles. The highest BCUT2D eigenvalue weighted by Gasteiger charge is 2.06. The summed E-state index contributed by atoms with van der Waals surface area (Å²) < 4.78 is 5.90. The van der Waals surface area contributed by atoms with Gasteiger partial charge in [-0.15, -0.1) is 0 Å². The van der Waals surface area contributed by atoms with E-state index < -0.39 is 0 Å². The van der Waals surface area contributed by atoms with Crippen LogP contribution in [0, 0.1) is 25.2 Å². The third-order valence-electron chi connectivity index (χ3n) is 3.54. The molecule has 2 heteroatoms. The Bertz CT molecular complexity index is 603. The Morgan fingerprint density at radius 3 is 2.29 bits per heavy atom. The normalized spacial score (nSPS) is 10.1. The Balaban J connectivity index is 1.80. The van der Waals surface area contributed by atoms with E-state index in [1.807, 2.05) is 32.0 Å². The molecule has 0 unspecified atom stereocenters. The molecule has 0 bridgehead atoms. The molecule has 0 N–H and O–H groups in total. The lowest BCUT2D eigenvalue weighted by Crippen LogP contribution is -2.02. The quantitative estimate of drug-likeness (QED) is 0.725. The number of nitriles is 1. The van der Waals surface area contributed by atoms with Crippen LogP contribution in [0.1, 0.15) is 35.1 Å². The first-order valence-electron chi connectivity index (χ1n) is 7.39. The van der Waals surface area contributed by atoms with Crippen LogP contribution in [0.3, 0.4) is 0 Å². The number of nitrogens with zero attached hydrogens (tertiary/aromatic N) is 1. The average molecular weight is 279 g/mol. The van der Waals surface area contributed by atoms with E-state index in [4.69, 9.17) is 10.00 Å². The van der Waals surface area contributed by atoms with Crippen molar-refractivity contribution in [2.24, 2.45) is 0 Å². The summed E-state index contributed by atoms with van der Waals surface area (Å²) in [6.07, 6.45) is 3.25. The molecule has 0 atom stereocenters. The second-order valence-electron chi connectivity index (χ2n) is 5.34. The molecule has 0 heterocycles. The molecule has 0 aliphatic heterocycles. The maximum Gasteiger partial charge on any atom is 0.125 e. The van der Waals surface area contributed by atoms with Crippen molar-refractivity contribution in [3.8, 4) is 11.8 Å². The first-order valence-corrected chi connectivity index (χ1v) is 7.39. The summed E-state index contributed by atoms with van der Waals surface area (Å²) in [5.41, 5.74) is 4.15. The lowest BCUT2D eigenvalue weighted by molar-refractivity contribution is 0.303. The topological polar surface area (TPSA) is 33.0 Å². The fraction of sp³-hybridized carbons (Fsp3) is 0.316. The van der Waals surface area contributed by atoms with Gasteiger partial charge < -0.3 is 4.74 Å². The number of aryl methyl sites for hydroxylation is 3. The summed E-state index contributed by atoms with van der Waals surface area (Å²) in [5, 5.41) is 8.94. The highest BCUT2D eigenvalue weighted by molar-refractivity contribution is 5.47. The molecular weight excluding hydrogens is 258 g/mol. The highest BCUT2D eigenvalue weighted by atomic mass is 16.5. The fourth-order valence-electron chi connectivity index (χ4n) is 2.49. The maximum absolute atomic E-state index is 8.94. The number of unbranched alkanes of at least 4 members (excludes halogenated alkanes) is 1. The second kappa shape index (κ2) is 7.50. The molecule has 0 radical (unpaired) electrons. The van der Waals surface area contributed by atoms with Crippen molar-refractivity contribution in [3.05, 3.63) is 64.7 Å². The van der Waals surface area contributed by atoms with E-state index in [-0.39, 0.29) is 0 Å². The second-order valence-corrected chi connectivity index (χ2v) is 5.34. The minimum Gasteiger partial charge on any atom is -0.493 e. The van der Waals surface area contributed by atoms with E-state index in [9.17, 15) is 0 Å². The molecule has 21 heavy (non-hydrogen) atoms. The molecule has 2 rings (SSSR count). The highest BCUT2D eigenvalue weighted by Crippen LogP contribution is 2.24. The Hall–Kier alpha value is -2.27. The number of hydrogen-bond acceptors (Lipinski definition) is 2. The Morgan fingerprint density at radius 1 is 1.00 bits per heavy atom. The van der Waals surface area contributed by atoms with Crippen LogP contribution in [0.5, 0.6) is 5.75 Å². The predicted molar refractivity (Wildman–Crippen MR) is 85.5 cm³/mol. The standard InChI is InChI=1S/C19H21NO/c1-15-12-18(14-20)13-16(2)19(15)21-11-7-6-10-17-8-4-3-5-9-17/h3-5,8-9,12-13H,6-7,10-11H2,1-2H3. The van der Waals surface area contributed by atoms with Crippen LogP contribution < -0.4 is 4.74 Å². The first kappa shape index (κ1) is 15.1. The van der Waals surface area contributed by atoms with Gasteiger partial charge in [-0.1, -0.05) is 30.3 Å². The van der Waals surface area contributed by atoms with Gasteiger partial charge in [0.1, 0.15) is 5.75 Å². The summed E-state index contributed by atoms with van der Waals surface area (Å²) in [5.74, 6) is 0.925. The van der Waals surface area contributed by atoms with Crippen molar-refractivity contribution in [2.75, 3.05) is 6.61 Å². The van der Waals surface area contributed by atoms with Crippen LogP contribution in [0.4, 0.5) is 0 Å². The van der Waals surface area contributed by atoms with Crippen LogP contribution >= 0.6 is 0 Å². The smallest absolute Gasteiger partial charge is 0.125 e. The largest absolute Gasteiger partial charge is 0.493 e. The van der Waals surface area contributed by atoms with Gasteiger partial charge in [-0.25, -0.2) is 0 Å². The van der Waals surface area contributed by atoms with E-state index in [0.717, 1.165) is 42.7 Å². The number of benzene rings is 2. The zero-order valence-corrected chi connectivity index (χ0v) is 12.7. The SMILES string of the molecule is Cc1cc(C#N)cc(C)c1OCCCCc1ccccc1. The van der Waals surface area contributed by atoms with Gasteiger partial charge in [0.05, 0.1) is 18.2 Å². The molecule has 2 nitrogen and oxygen atoms in total. The minimum atomic E-state index is 0.696. The monoisotopic (exact) mass is 279 g/mol. The van der Waals surface area contributed by atoms with Crippen molar-refractivity contribution in [1.82, 2.24) is 0 Å². The summed E-state index contributed by atoms with van der Waals surface area (Å²) in [6, 6.07) is 16.5. The van der Waals surface area contributed by atoms with Gasteiger partial charge >= 0.3 is 0 Å². The van der Waals surface area contributed by atoms with Gasteiger partial charge in [-0.2, -0.15) is 5.26 Å². The minimum absolute atomic E-state index is 0.696. The van der Waals surface area contributed by atoms with Crippen molar-refractivity contribution in [3.63, 3.8) is 0 Å². The average Bonchev–Trinajstić information content (AvgIpc) is 2.50. The van der Waals surface area contributed by atoms with Crippen LogP contribution in [-0.2, 0) is 6.42 Å². The van der Waals surface area contributed by atoms with E-state index >= 15 is 0 Å². The molecule has 108 valence electrons.